The van der Waals surface area contributed by atoms with E-state index in [1.54, 1.807) is 0 Å². The summed E-state index contributed by atoms with van der Waals surface area (Å²) in [5.41, 5.74) is 1.38. The average molecular weight is 201 g/mol. The Kier molecular flexibility index (Phi) is 2.54. The van der Waals surface area contributed by atoms with Gasteiger partial charge >= 0.3 is 0 Å². The van der Waals surface area contributed by atoms with Gasteiger partial charge in [0.2, 0.25) is 5.69 Å². The Morgan fingerprint density at radius 2 is 1.80 bits per heavy atom. The van der Waals surface area contributed by atoms with Gasteiger partial charge in [-0.1, -0.05) is 30.3 Å². The monoisotopic (exact) mass is 201 g/mol. The number of hydrogen-bond acceptors (Lipinski definition) is 2. The maximum absolute atomic E-state index is 11.4. The molecular weight excluding hydrogens is 190 g/mol. The molecule has 2 aromatic rings. The van der Waals surface area contributed by atoms with E-state index in [0.29, 0.717) is 16.8 Å². The molecule has 0 atom stereocenters. The molecule has 0 saturated carbocycles. The SMILES string of the molecule is [O-][n+]1cccc(O)c1Cc1ccccc1. The molecule has 0 spiro atoms. The molecule has 0 unspecified atom stereocenters. The lowest BCUT2D eigenvalue weighted by Gasteiger charge is -2.05. The summed E-state index contributed by atoms with van der Waals surface area (Å²) in [5.74, 6) is 0.0383. The van der Waals surface area contributed by atoms with Gasteiger partial charge in [-0.05, 0) is 11.6 Å². The Hall–Kier alpha value is -2.03. The van der Waals surface area contributed by atoms with Crippen molar-refractivity contribution in [2.45, 2.75) is 6.42 Å². The lowest BCUT2D eigenvalue weighted by molar-refractivity contribution is -0.614. The molecule has 0 aliphatic heterocycles. The number of aromatic hydroxyl groups is 1. The fourth-order valence-electron chi connectivity index (χ4n) is 1.47. The average Bonchev–Trinajstić information content (AvgIpc) is 2.25. The van der Waals surface area contributed by atoms with Crippen LogP contribution in [0.15, 0.2) is 48.7 Å². The third kappa shape index (κ3) is 2.07. The van der Waals surface area contributed by atoms with Gasteiger partial charge in [0.05, 0.1) is 6.42 Å². The maximum Gasteiger partial charge on any atom is 0.239 e. The first kappa shape index (κ1) is 9.52. The number of pyridine rings is 1. The summed E-state index contributed by atoms with van der Waals surface area (Å²) in [4.78, 5) is 0. The molecule has 0 bridgehead atoms. The molecule has 0 saturated heterocycles. The van der Waals surface area contributed by atoms with Crippen LogP contribution in [0.25, 0.3) is 0 Å². The van der Waals surface area contributed by atoms with Crippen LogP contribution in [0.3, 0.4) is 0 Å². The Bertz CT molecular complexity index is 434. The Labute approximate surface area is 87.8 Å². The van der Waals surface area contributed by atoms with Crippen molar-refractivity contribution in [3.63, 3.8) is 0 Å². The predicted octanol–water partition coefficient (Wildman–Crippen LogP) is 1.62. The molecule has 0 aliphatic carbocycles. The highest BCUT2D eigenvalue weighted by atomic mass is 16.5. The molecule has 3 nitrogen and oxygen atoms in total. The van der Waals surface area contributed by atoms with E-state index in [1.807, 2.05) is 30.3 Å². The van der Waals surface area contributed by atoms with Crippen LogP contribution in [0.2, 0.25) is 0 Å². The Morgan fingerprint density at radius 3 is 2.47 bits per heavy atom. The first-order valence-corrected chi connectivity index (χ1v) is 4.71. The Balaban J connectivity index is 2.32. The zero-order valence-electron chi connectivity index (χ0n) is 8.13. The van der Waals surface area contributed by atoms with E-state index in [2.05, 4.69) is 0 Å². The van der Waals surface area contributed by atoms with Crippen LogP contribution >= 0.6 is 0 Å². The van der Waals surface area contributed by atoms with E-state index in [9.17, 15) is 10.3 Å². The van der Waals surface area contributed by atoms with Crippen molar-refractivity contribution in [2.24, 2.45) is 0 Å². The summed E-state index contributed by atoms with van der Waals surface area (Å²) in [6.45, 7) is 0. The lowest BCUT2D eigenvalue weighted by atomic mass is 10.1. The molecule has 0 fully saturated rings. The fraction of sp³-hybridized carbons (Fsp3) is 0.0833. The number of aromatic nitrogens is 1. The van der Waals surface area contributed by atoms with Crippen molar-refractivity contribution < 1.29 is 9.84 Å². The summed E-state index contributed by atoms with van der Waals surface area (Å²) in [6, 6.07) is 12.6. The van der Waals surface area contributed by atoms with Crippen LogP contribution in [-0.2, 0) is 6.42 Å². The zero-order valence-corrected chi connectivity index (χ0v) is 8.13. The van der Waals surface area contributed by atoms with Crippen molar-refractivity contribution >= 4 is 0 Å². The molecule has 1 heterocycles. The standard InChI is InChI=1S/C12H11NO2/c14-12-7-4-8-13(15)11(12)9-10-5-2-1-3-6-10/h1-8,14H,9H2. The van der Waals surface area contributed by atoms with Crippen molar-refractivity contribution in [2.75, 3.05) is 0 Å². The molecule has 0 aliphatic rings. The van der Waals surface area contributed by atoms with E-state index < -0.39 is 0 Å². The number of nitrogens with zero attached hydrogens (tertiary/aromatic N) is 1. The minimum absolute atomic E-state index is 0.0383. The number of benzene rings is 1. The zero-order chi connectivity index (χ0) is 10.7. The fourth-order valence-corrected chi connectivity index (χ4v) is 1.47. The number of hydrogen-bond donors (Lipinski definition) is 1. The molecule has 76 valence electrons. The molecule has 0 radical (unpaired) electrons. The van der Waals surface area contributed by atoms with Crippen LogP contribution in [0.5, 0.6) is 5.75 Å². The maximum atomic E-state index is 11.4. The highest BCUT2D eigenvalue weighted by Gasteiger charge is 2.11. The van der Waals surface area contributed by atoms with Crippen LogP contribution in [0.4, 0.5) is 0 Å². The minimum atomic E-state index is 0.0383. The first-order chi connectivity index (χ1) is 7.27. The normalized spacial score (nSPS) is 10.1. The van der Waals surface area contributed by atoms with Gasteiger partial charge in [0.1, 0.15) is 0 Å². The van der Waals surface area contributed by atoms with Gasteiger partial charge in [-0.2, -0.15) is 4.73 Å². The molecule has 2 rings (SSSR count). The second-order valence-electron chi connectivity index (χ2n) is 3.33. The highest BCUT2D eigenvalue weighted by molar-refractivity contribution is 5.28. The van der Waals surface area contributed by atoms with E-state index in [0.717, 1.165) is 5.56 Å². The summed E-state index contributed by atoms with van der Waals surface area (Å²) in [6.07, 6.45) is 1.83. The van der Waals surface area contributed by atoms with Crippen molar-refractivity contribution in [1.29, 1.82) is 0 Å². The third-order valence-electron chi connectivity index (χ3n) is 2.25. The van der Waals surface area contributed by atoms with E-state index in [-0.39, 0.29) is 5.75 Å². The highest BCUT2D eigenvalue weighted by Crippen LogP contribution is 2.15. The summed E-state index contributed by atoms with van der Waals surface area (Å²) < 4.78 is 0.697. The van der Waals surface area contributed by atoms with E-state index >= 15 is 0 Å². The molecule has 0 amide bonds. The van der Waals surface area contributed by atoms with Gasteiger partial charge in [0, 0.05) is 6.07 Å². The molecule has 1 N–H and O–H groups in total. The summed E-state index contributed by atoms with van der Waals surface area (Å²) >= 11 is 0. The minimum Gasteiger partial charge on any atom is -0.618 e. The van der Waals surface area contributed by atoms with Gasteiger partial charge in [-0.25, -0.2) is 0 Å². The van der Waals surface area contributed by atoms with Gasteiger partial charge in [0.15, 0.2) is 11.9 Å². The first-order valence-electron chi connectivity index (χ1n) is 4.71. The van der Waals surface area contributed by atoms with E-state index in [4.69, 9.17) is 0 Å². The van der Waals surface area contributed by atoms with Crippen LogP contribution in [-0.4, -0.2) is 5.11 Å². The van der Waals surface area contributed by atoms with Crippen molar-refractivity contribution in [3.8, 4) is 5.75 Å². The van der Waals surface area contributed by atoms with Gasteiger partial charge in [-0.15, -0.1) is 0 Å². The molecule has 1 aromatic carbocycles. The van der Waals surface area contributed by atoms with Gasteiger partial charge < -0.3 is 10.3 Å². The second kappa shape index (κ2) is 4.00. The predicted molar refractivity (Wildman–Crippen MR) is 56.3 cm³/mol. The Morgan fingerprint density at radius 1 is 1.07 bits per heavy atom. The second-order valence-corrected chi connectivity index (χ2v) is 3.33. The number of rotatable bonds is 2. The molecular formula is C12H11NO2. The summed E-state index contributed by atoms with van der Waals surface area (Å²) in [7, 11) is 0. The van der Waals surface area contributed by atoms with Crippen molar-refractivity contribution in [1.82, 2.24) is 0 Å². The smallest absolute Gasteiger partial charge is 0.239 e. The topological polar surface area (TPSA) is 47.2 Å². The molecule has 3 heteroatoms. The molecule has 1 aromatic heterocycles. The quantitative estimate of drug-likeness (QED) is 0.592. The van der Waals surface area contributed by atoms with Gasteiger partial charge in [-0.3, -0.25) is 0 Å². The summed E-state index contributed by atoms with van der Waals surface area (Å²) in [5, 5.41) is 20.9. The third-order valence-corrected chi connectivity index (χ3v) is 2.25. The largest absolute Gasteiger partial charge is 0.618 e. The van der Waals surface area contributed by atoms with Crippen LogP contribution in [0, 0.1) is 5.21 Å². The van der Waals surface area contributed by atoms with Crippen LogP contribution in [0.1, 0.15) is 11.3 Å². The lowest BCUT2D eigenvalue weighted by Crippen LogP contribution is -2.31. The van der Waals surface area contributed by atoms with Crippen LogP contribution < -0.4 is 4.73 Å². The molecule has 15 heavy (non-hydrogen) atoms. The van der Waals surface area contributed by atoms with Crippen molar-refractivity contribution in [3.05, 3.63) is 65.1 Å². The van der Waals surface area contributed by atoms with Gasteiger partial charge in [0.25, 0.3) is 0 Å². The van der Waals surface area contributed by atoms with E-state index in [1.165, 1.54) is 18.3 Å².